The summed E-state index contributed by atoms with van der Waals surface area (Å²) in [6.07, 6.45) is 5.03. The van der Waals surface area contributed by atoms with Crippen LogP contribution in [-0.2, 0) is 24.4 Å². The number of pyridine rings is 1. The Bertz CT molecular complexity index is 1170. The first kappa shape index (κ1) is 22.8. The second kappa shape index (κ2) is 10.0. The third-order valence-electron chi connectivity index (χ3n) is 4.94. The molecule has 0 aliphatic carbocycles. The summed E-state index contributed by atoms with van der Waals surface area (Å²) in [5, 5.41) is 13.4. The summed E-state index contributed by atoms with van der Waals surface area (Å²) in [4.78, 5) is 23.0. The first-order valence-electron chi connectivity index (χ1n) is 10.4. The number of benzene rings is 1. The van der Waals surface area contributed by atoms with Crippen LogP contribution in [0.5, 0.6) is 0 Å². The van der Waals surface area contributed by atoms with E-state index in [2.05, 4.69) is 20.0 Å². The predicted molar refractivity (Wildman–Crippen MR) is 123 cm³/mol. The molecular formula is C24H24N4O4S. The Morgan fingerprint density at radius 1 is 1.06 bits per heavy atom. The van der Waals surface area contributed by atoms with Crippen molar-refractivity contribution in [2.24, 2.45) is 0 Å². The summed E-state index contributed by atoms with van der Waals surface area (Å²) in [5.74, 6) is 1.02. The fraction of sp³-hybridized carbons (Fsp3) is 0.250. The summed E-state index contributed by atoms with van der Waals surface area (Å²) in [6.45, 7) is 5.04. The van der Waals surface area contributed by atoms with E-state index in [9.17, 15) is 9.90 Å². The van der Waals surface area contributed by atoms with Gasteiger partial charge in [0, 0.05) is 29.4 Å². The lowest BCUT2D eigenvalue weighted by atomic mass is 10.2. The van der Waals surface area contributed by atoms with Crippen molar-refractivity contribution in [2.45, 2.75) is 43.1 Å². The molecule has 0 aliphatic heterocycles. The lowest BCUT2D eigenvalue weighted by Gasteiger charge is -2.20. The number of carboxylic acid groups (broad SMARTS) is 1. The minimum absolute atomic E-state index is 0.446. The van der Waals surface area contributed by atoms with Crippen molar-refractivity contribution in [1.29, 1.82) is 0 Å². The summed E-state index contributed by atoms with van der Waals surface area (Å²) in [6, 6.07) is 15.4. The average Bonchev–Trinajstić information content (AvgIpc) is 3.48. The summed E-state index contributed by atoms with van der Waals surface area (Å²) in [5.41, 5.74) is 1.92. The lowest BCUT2D eigenvalue weighted by Crippen LogP contribution is -2.26. The molecule has 0 aliphatic rings. The molecule has 0 amide bonds. The molecule has 0 unspecified atom stereocenters. The molecule has 33 heavy (non-hydrogen) atoms. The van der Waals surface area contributed by atoms with E-state index in [4.69, 9.17) is 8.94 Å². The number of nitrogens with zero attached hydrogens (tertiary/aromatic N) is 4. The zero-order chi connectivity index (χ0) is 23.3. The summed E-state index contributed by atoms with van der Waals surface area (Å²) < 4.78 is 10.1. The van der Waals surface area contributed by atoms with Gasteiger partial charge in [-0.15, -0.1) is 11.8 Å². The van der Waals surface area contributed by atoms with Crippen molar-refractivity contribution < 1.29 is 18.8 Å². The van der Waals surface area contributed by atoms with Gasteiger partial charge >= 0.3 is 5.97 Å². The Morgan fingerprint density at radius 2 is 1.82 bits per heavy atom. The van der Waals surface area contributed by atoms with Crippen molar-refractivity contribution >= 4 is 17.7 Å². The Labute approximate surface area is 195 Å². The molecule has 9 heteroatoms. The quantitative estimate of drug-likeness (QED) is 0.329. The Balaban J connectivity index is 1.47. The normalized spacial score (nSPS) is 11.7. The van der Waals surface area contributed by atoms with Gasteiger partial charge in [0.05, 0.1) is 19.4 Å². The van der Waals surface area contributed by atoms with Crippen LogP contribution in [0.4, 0.5) is 0 Å². The van der Waals surface area contributed by atoms with E-state index in [1.165, 1.54) is 11.8 Å². The van der Waals surface area contributed by atoms with Gasteiger partial charge in [-0.3, -0.25) is 14.7 Å². The van der Waals surface area contributed by atoms with Crippen molar-refractivity contribution in [1.82, 2.24) is 20.0 Å². The fourth-order valence-electron chi connectivity index (χ4n) is 3.18. The minimum atomic E-state index is -0.892. The second-order valence-electron chi connectivity index (χ2n) is 8.03. The van der Waals surface area contributed by atoms with Crippen LogP contribution in [0.3, 0.4) is 0 Å². The number of carbonyl (C=O) groups is 1. The molecule has 0 spiro atoms. The molecule has 0 saturated heterocycles. The van der Waals surface area contributed by atoms with Gasteiger partial charge in [0.25, 0.3) is 0 Å². The SMILES string of the molecule is CC(C)(Sc1ccc(CN(Cc2ccco2)Cc2nc(-c3ccncc3)no2)cc1)C(=O)O. The zero-order valence-corrected chi connectivity index (χ0v) is 19.2. The Kier molecular flexibility index (Phi) is 6.90. The van der Waals surface area contributed by atoms with Crippen LogP contribution in [0.2, 0.25) is 0 Å². The van der Waals surface area contributed by atoms with Gasteiger partial charge in [-0.05, 0) is 55.8 Å². The Morgan fingerprint density at radius 3 is 2.48 bits per heavy atom. The van der Waals surface area contributed by atoms with Crippen LogP contribution in [-0.4, -0.2) is 35.8 Å². The van der Waals surface area contributed by atoms with Gasteiger partial charge < -0.3 is 14.0 Å². The van der Waals surface area contributed by atoms with E-state index in [-0.39, 0.29) is 0 Å². The predicted octanol–water partition coefficient (Wildman–Crippen LogP) is 4.88. The number of hydrogen-bond acceptors (Lipinski definition) is 8. The molecule has 3 aromatic heterocycles. The van der Waals surface area contributed by atoms with Crippen LogP contribution in [0, 0.1) is 0 Å². The van der Waals surface area contributed by atoms with Gasteiger partial charge in [0.15, 0.2) is 0 Å². The largest absolute Gasteiger partial charge is 0.480 e. The van der Waals surface area contributed by atoms with E-state index in [0.29, 0.717) is 31.3 Å². The van der Waals surface area contributed by atoms with Crippen LogP contribution in [0.15, 0.2) is 81.0 Å². The van der Waals surface area contributed by atoms with E-state index in [1.54, 1.807) is 32.5 Å². The number of aliphatic carboxylic acids is 1. The smallest absolute Gasteiger partial charge is 0.319 e. The number of aromatic nitrogens is 3. The molecule has 4 aromatic rings. The van der Waals surface area contributed by atoms with Gasteiger partial charge in [-0.25, -0.2) is 0 Å². The van der Waals surface area contributed by atoms with Gasteiger partial charge in [0.1, 0.15) is 10.5 Å². The molecule has 1 aromatic carbocycles. The zero-order valence-electron chi connectivity index (χ0n) is 18.3. The maximum Gasteiger partial charge on any atom is 0.319 e. The van der Waals surface area contributed by atoms with Crippen LogP contribution < -0.4 is 0 Å². The van der Waals surface area contributed by atoms with Crippen molar-refractivity contribution in [3.63, 3.8) is 0 Å². The van der Waals surface area contributed by atoms with Gasteiger partial charge in [-0.1, -0.05) is 17.3 Å². The molecule has 0 saturated carbocycles. The molecule has 3 heterocycles. The van der Waals surface area contributed by atoms with Gasteiger partial charge in [0.2, 0.25) is 11.7 Å². The number of hydrogen-bond donors (Lipinski definition) is 1. The highest BCUT2D eigenvalue weighted by Crippen LogP contribution is 2.32. The van der Waals surface area contributed by atoms with E-state index >= 15 is 0 Å². The van der Waals surface area contributed by atoms with E-state index < -0.39 is 10.7 Å². The van der Waals surface area contributed by atoms with Crippen LogP contribution in [0.25, 0.3) is 11.4 Å². The standard InChI is InChI=1S/C24H24N4O4S/c1-24(2,23(29)30)33-20-7-5-17(6-8-20)14-28(15-19-4-3-13-31-19)16-21-26-22(27-32-21)18-9-11-25-12-10-18/h3-13H,14-16H2,1-2H3,(H,29,30). The number of carboxylic acids is 1. The number of thioether (sulfide) groups is 1. The van der Waals surface area contributed by atoms with Crippen LogP contribution in [0.1, 0.15) is 31.1 Å². The van der Waals surface area contributed by atoms with Gasteiger partial charge in [-0.2, -0.15) is 4.98 Å². The molecule has 0 fully saturated rings. The molecule has 0 bridgehead atoms. The van der Waals surface area contributed by atoms with Crippen molar-refractivity contribution in [3.8, 4) is 11.4 Å². The average molecular weight is 465 g/mol. The third kappa shape index (κ3) is 6.09. The Hall–Kier alpha value is -3.43. The topological polar surface area (TPSA) is 105 Å². The maximum absolute atomic E-state index is 11.4. The molecule has 8 nitrogen and oxygen atoms in total. The second-order valence-corrected chi connectivity index (χ2v) is 9.73. The van der Waals surface area contributed by atoms with Crippen LogP contribution >= 0.6 is 11.8 Å². The highest BCUT2D eigenvalue weighted by molar-refractivity contribution is 8.01. The van der Waals surface area contributed by atoms with Crippen molar-refractivity contribution in [3.05, 3.63) is 84.4 Å². The highest BCUT2D eigenvalue weighted by Gasteiger charge is 2.28. The third-order valence-corrected chi connectivity index (χ3v) is 6.14. The molecule has 0 radical (unpaired) electrons. The molecule has 1 N–H and O–H groups in total. The number of furan rings is 1. The molecule has 0 atom stereocenters. The molecule has 4 rings (SSSR count). The van der Waals surface area contributed by atoms with Crippen molar-refractivity contribution in [2.75, 3.05) is 0 Å². The molecule has 170 valence electrons. The summed E-state index contributed by atoms with van der Waals surface area (Å²) in [7, 11) is 0. The summed E-state index contributed by atoms with van der Waals surface area (Å²) >= 11 is 1.32. The fourth-order valence-corrected chi connectivity index (χ4v) is 4.13. The number of rotatable bonds is 10. The van der Waals surface area contributed by atoms with E-state index in [1.807, 2.05) is 48.5 Å². The maximum atomic E-state index is 11.4. The first-order chi connectivity index (χ1) is 15.9. The molecular weight excluding hydrogens is 440 g/mol. The first-order valence-corrected chi connectivity index (χ1v) is 11.2. The van der Waals surface area contributed by atoms with E-state index in [0.717, 1.165) is 21.8 Å². The lowest BCUT2D eigenvalue weighted by molar-refractivity contribution is -0.138. The highest BCUT2D eigenvalue weighted by atomic mass is 32.2. The minimum Gasteiger partial charge on any atom is -0.480 e. The monoisotopic (exact) mass is 464 g/mol.